The highest BCUT2D eigenvalue weighted by atomic mass is 19.1. The number of hydrogen-bond donors (Lipinski definition) is 2. The van der Waals surface area contributed by atoms with Crippen LogP contribution in [0.5, 0.6) is 11.5 Å². The highest BCUT2D eigenvalue weighted by Gasteiger charge is 2.20. The zero-order valence-electron chi connectivity index (χ0n) is 21.9. The predicted molar refractivity (Wildman–Crippen MR) is 145 cm³/mol. The van der Waals surface area contributed by atoms with Crippen molar-refractivity contribution >= 4 is 22.5 Å². The molecule has 0 aliphatic rings. The third kappa shape index (κ3) is 5.81. The molecule has 206 valence electrons. The van der Waals surface area contributed by atoms with Crippen LogP contribution in [0.25, 0.3) is 22.4 Å². The fourth-order valence-electron chi connectivity index (χ4n) is 4.12. The summed E-state index contributed by atoms with van der Waals surface area (Å²) >= 11 is 0. The molecule has 12 heteroatoms. The maximum atomic E-state index is 14.9. The summed E-state index contributed by atoms with van der Waals surface area (Å²) in [5.74, 6) is 0.709. The summed E-state index contributed by atoms with van der Waals surface area (Å²) in [6, 6.07) is 11.3. The minimum absolute atomic E-state index is 0.0220. The Morgan fingerprint density at radius 1 is 1.02 bits per heavy atom. The second kappa shape index (κ2) is 12.0. The molecule has 0 amide bonds. The molecule has 3 heterocycles. The SMILES string of the molecule is CCOc1cc(F)c(Cn2nc(-c3ncc(OCCCO)c(Nc4ccnc(C)n4)n3)c3ccccc32)c(F)c1. The Morgan fingerprint density at radius 2 is 1.82 bits per heavy atom. The third-order valence-corrected chi connectivity index (χ3v) is 5.94. The number of hydrogen-bond acceptors (Lipinski definition) is 9. The highest BCUT2D eigenvalue weighted by Crippen LogP contribution is 2.31. The molecule has 0 fully saturated rings. The lowest BCUT2D eigenvalue weighted by Gasteiger charge is -2.12. The van der Waals surface area contributed by atoms with Gasteiger partial charge in [-0.3, -0.25) is 4.68 Å². The van der Waals surface area contributed by atoms with Crippen molar-refractivity contribution in [3.8, 4) is 23.0 Å². The Balaban J connectivity index is 1.55. The van der Waals surface area contributed by atoms with Gasteiger partial charge in [-0.1, -0.05) is 18.2 Å². The molecule has 0 aliphatic carbocycles. The van der Waals surface area contributed by atoms with Crippen molar-refractivity contribution < 1.29 is 23.4 Å². The molecule has 40 heavy (non-hydrogen) atoms. The molecule has 2 N–H and O–H groups in total. The number of anilines is 2. The van der Waals surface area contributed by atoms with Gasteiger partial charge in [-0.15, -0.1) is 0 Å². The first-order chi connectivity index (χ1) is 19.5. The topological polar surface area (TPSA) is 120 Å². The average Bonchev–Trinajstić information content (AvgIpc) is 3.30. The Morgan fingerprint density at radius 3 is 2.58 bits per heavy atom. The summed E-state index contributed by atoms with van der Waals surface area (Å²) in [6.45, 7) is 3.89. The fourth-order valence-corrected chi connectivity index (χ4v) is 4.12. The van der Waals surface area contributed by atoms with Gasteiger partial charge in [0, 0.05) is 42.3 Å². The molecule has 5 aromatic rings. The van der Waals surface area contributed by atoms with Gasteiger partial charge < -0.3 is 19.9 Å². The van der Waals surface area contributed by atoms with Crippen LogP contribution in [0.1, 0.15) is 24.7 Å². The monoisotopic (exact) mass is 547 g/mol. The van der Waals surface area contributed by atoms with Crippen molar-refractivity contribution in [3.63, 3.8) is 0 Å². The maximum absolute atomic E-state index is 14.9. The lowest BCUT2D eigenvalue weighted by molar-refractivity contribution is 0.233. The number of para-hydroxylation sites is 1. The number of aryl methyl sites for hydroxylation is 1. The molecule has 0 aliphatic heterocycles. The van der Waals surface area contributed by atoms with Gasteiger partial charge >= 0.3 is 0 Å². The van der Waals surface area contributed by atoms with Crippen molar-refractivity contribution in [3.05, 3.63) is 77.9 Å². The standard InChI is InChI=1S/C28H27F2N7O3/c1-3-39-18-13-21(29)20(22(30)14-18)16-37-23-8-5-4-7-19(23)26(36-37)28-32-15-24(40-12-6-11-38)27(35-28)34-25-9-10-31-17(2)33-25/h4-5,7-10,13-15,38H,3,6,11-12,16H2,1-2H3,(H,31,32,33,34,35). The third-order valence-electron chi connectivity index (χ3n) is 5.94. The van der Waals surface area contributed by atoms with Crippen molar-refractivity contribution in [2.24, 2.45) is 0 Å². The molecular weight excluding hydrogens is 520 g/mol. The van der Waals surface area contributed by atoms with E-state index in [1.54, 1.807) is 26.1 Å². The summed E-state index contributed by atoms with van der Waals surface area (Å²) in [4.78, 5) is 17.6. The van der Waals surface area contributed by atoms with Crippen LogP contribution < -0.4 is 14.8 Å². The number of ether oxygens (including phenoxy) is 2. The van der Waals surface area contributed by atoms with E-state index in [9.17, 15) is 8.78 Å². The van der Waals surface area contributed by atoms with Crippen molar-refractivity contribution in [2.75, 3.05) is 25.1 Å². The Kier molecular flexibility index (Phi) is 8.06. The first kappa shape index (κ1) is 26.9. The number of nitrogens with zero attached hydrogens (tertiary/aromatic N) is 6. The van der Waals surface area contributed by atoms with E-state index in [0.717, 1.165) is 0 Å². The van der Waals surface area contributed by atoms with Crippen LogP contribution in [-0.2, 0) is 6.54 Å². The number of rotatable bonds is 11. The van der Waals surface area contributed by atoms with Gasteiger partial charge in [-0.2, -0.15) is 5.10 Å². The minimum atomic E-state index is -0.725. The molecule has 0 atom stereocenters. The molecule has 0 saturated heterocycles. The van der Waals surface area contributed by atoms with Crippen LogP contribution in [0.4, 0.5) is 20.4 Å². The van der Waals surface area contributed by atoms with Crippen molar-refractivity contribution in [2.45, 2.75) is 26.8 Å². The lowest BCUT2D eigenvalue weighted by Crippen LogP contribution is -2.08. The normalized spacial score (nSPS) is 11.1. The number of benzene rings is 2. The van der Waals surface area contributed by atoms with Gasteiger partial charge in [-0.25, -0.2) is 28.7 Å². The number of aliphatic hydroxyl groups is 1. The smallest absolute Gasteiger partial charge is 0.183 e. The summed E-state index contributed by atoms with van der Waals surface area (Å²) in [6.07, 6.45) is 3.56. The van der Waals surface area contributed by atoms with Crippen LogP contribution in [-0.4, -0.2) is 54.6 Å². The summed E-state index contributed by atoms with van der Waals surface area (Å²) in [7, 11) is 0. The molecule has 0 unspecified atom stereocenters. The van der Waals surface area contributed by atoms with Gasteiger partial charge in [0.15, 0.2) is 17.4 Å². The fraction of sp³-hybridized carbons (Fsp3) is 0.250. The van der Waals surface area contributed by atoms with E-state index in [-0.39, 0.29) is 36.9 Å². The van der Waals surface area contributed by atoms with E-state index in [1.165, 1.54) is 23.0 Å². The number of halogens is 2. The number of fused-ring (bicyclic) bond motifs is 1. The van der Waals surface area contributed by atoms with Gasteiger partial charge in [0.25, 0.3) is 0 Å². The summed E-state index contributed by atoms with van der Waals surface area (Å²) < 4.78 is 42.3. The second-order valence-electron chi connectivity index (χ2n) is 8.77. The van der Waals surface area contributed by atoms with E-state index in [4.69, 9.17) is 14.6 Å². The first-order valence-corrected chi connectivity index (χ1v) is 12.7. The molecular formula is C28H27F2N7O3. The molecule has 10 nitrogen and oxygen atoms in total. The van der Waals surface area contributed by atoms with Crippen LogP contribution >= 0.6 is 0 Å². The van der Waals surface area contributed by atoms with Gasteiger partial charge in [0.1, 0.15) is 34.7 Å². The Hall–Kier alpha value is -4.71. The van der Waals surface area contributed by atoms with E-state index in [1.807, 2.05) is 24.3 Å². The van der Waals surface area contributed by atoms with Crippen molar-refractivity contribution in [1.29, 1.82) is 0 Å². The van der Waals surface area contributed by atoms with Gasteiger partial charge in [0.05, 0.1) is 31.5 Å². The quantitative estimate of drug-likeness (QED) is 0.224. The van der Waals surface area contributed by atoms with E-state index >= 15 is 0 Å². The van der Waals surface area contributed by atoms with Crippen molar-refractivity contribution in [1.82, 2.24) is 29.7 Å². The van der Waals surface area contributed by atoms with Gasteiger partial charge in [-0.05, 0) is 26.0 Å². The van der Waals surface area contributed by atoms with E-state index < -0.39 is 11.6 Å². The molecule has 5 rings (SSSR count). The summed E-state index contributed by atoms with van der Waals surface area (Å²) in [5.41, 5.74) is 0.933. The zero-order chi connectivity index (χ0) is 28.1. The second-order valence-corrected chi connectivity index (χ2v) is 8.77. The lowest BCUT2D eigenvalue weighted by atomic mass is 10.1. The molecule has 2 aromatic carbocycles. The molecule has 3 aromatic heterocycles. The van der Waals surface area contributed by atoms with E-state index in [0.29, 0.717) is 52.8 Å². The zero-order valence-corrected chi connectivity index (χ0v) is 21.9. The van der Waals surface area contributed by atoms with E-state index in [2.05, 4.69) is 30.4 Å². The Labute approximate surface area is 228 Å². The predicted octanol–water partition coefficient (Wildman–Crippen LogP) is 4.82. The van der Waals surface area contributed by atoms with Crippen LogP contribution in [0.15, 0.2) is 54.9 Å². The van der Waals surface area contributed by atoms with Crippen LogP contribution in [0.2, 0.25) is 0 Å². The maximum Gasteiger partial charge on any atom is 0.183 e. The van der Waals surface area contributed by atoms with Gasteiger partial charge in [0.2, 0.25) is 0 Å². The largest absolute Gasteiger partial charge is 0.494 e. The molecule has 0 radical (unpaired) electrons. The van der Waals surface area contributed by atoms with Crippen LogP contribution in [0.3, 0.4) is 0 Å². The average molecular weight is 548 g/mol. The minimum Gasteiger partial charge on any atom is -0.494 e. The number of aromatic nitrogens is 6. The highest BCUT2D eigenvalue weighted by molar-refractivity contribution is 5.92. The molecule has 0 bridgehead atoms. The molecule has 0 saturated carbocycles. The van der Waals surface area contributed by atoms with Crippen LogP contribution in [0, 0.1) is 18.6 Å². The number of aliphatic hydroxyl groups excluding tert-OH is 1. The summed E-state index contributed by atoms with van der Waals surface area (Å²) in [5, 5.41) is 17.6. The Bertz CT molecular complexity index is 1620. The molecule has 0 spiro atoms. The first-order valence-electron chi connectivity index (χ1n) is 12.7. The number of nitrogens with one attached hydrogen (secondary N) is 1.